The van der Waals surface area contributed by atoms with Gasteiger partial charge >= 0.3 is 6.36 Å². The number of aromatic nitrogens is 3. The predicted octanol–water partition coefficient (Wildman–Crippen LogP) is 6.57. The van der Waals surface area contributed by atoms with E-state index in [0.717, 1.165) is 16.0 Å². The second-order valence-electron chi connectivity index (χ2n) is 6.25. The third kappa shape index (κ3) is 4.17. The number of benzene rings is 2. The fraction of sp³-hybridized carbons (Fsp3) is 0.100. The molecule has 30 heavy (non-hydrogen) atoms. The number of thiophene rings is 1. The quantitative estimate of drug-likeness (QED) is 0.328. The van der Waals surface area contributed by atoms with Crippen molar-refractivity contribution in [3.8, 4) is 39.0 Å². The first kappa shape index (κ1) is 20.4. The molecule has 0 saturated heterocycles. The fourth-order valence-electron chi connectivity index (χ4n) is 2.88. The molecule has 0 unspecified atom stereocenters. The van der Waals surface area contributed by atoms with Gasteiger partial charge in [-0.15, -0.1) is 24.5 Å². The summed E-state index contributed by atoms with van der Waals surface area (Å²) in [6, 6.07) is 11.8. The molecule has 0 saturated carbocycles. The summed E-state index contributed by atoms with van der Waals surface area (Å²) >= 11 is 7.49. The Morgan fingerprint density at radius 3 is 2.47 bits per heavy atom. The number of ether oxygens (including phenoxy) is 1. The summed E-state index contributed by atoms with van der Waals surface area (Å²) in [6.07, 6.45) is -4.73. The molecular weight excluding hydrogens is 442 g/mol. The van der Waals surface area contributed by atoms with E-state index in [1.54, 1.807) is 13.1 Å². The van der Waals surface area contributed by atoms with Crippen LogP contribution in [0.1, 0.15) is 0 Å². The summed E-state index contributed by atoms with van der Waals surface area (Å²) in [7, 11) is 1.68. The van der Waals surface area contributed by atoms with Gasteiger partial charge in [-0.3, -0.25) is 0 Å². The van der Waals surface area contributed by atoms with Gasteiger partial charge in [-0.1, -0.05) is 17.7 Å². The lowest BCUT2D eigenvalue weighted by Crippen LogP contribution is -2.16. The van der Waals surface area contributed by atoms with E-state index >= 15 is 0 Å². The maximum atomic E-state index is 14.2. The van der Waals surface area contributed by atoms with Crippen molar-refractivity contribution in [1.82, 2.24) is 14.8 Å². The topological polar surface area (TPSA) is 39.9 Å². The Labute approximate surface area is 177 Å². The molecule has 4 rings (SSSR count). The largest absolute Gasteiger partial charge is 0.573 e. The second kappa shape index (κ2) is 7.73. The monoisotopic (exact) mass is 453 g/mol. The molecule has 0 atom stereocenters. The van der Waals surface area contributed by atoms with Gasteiger partial charge in [-0.2, -0.15) is 5.10 Å². The zero-order valence-corrected chi connectivity index (χ0v) is 16.8. The zero-order chi connectivity index (χ0) is 21.5. The van der Waals surface area contributed by atoms with Gasteiger partial charge in [0.1, 0.15) is 11.6 Å². The molecule has 2 aromatic heterocycles. The molecular formula is C20H12ClF4N3OS. The van der Waals surface area contributed by atoms with Crippen LogP contribution in [0.2, 0.25) is 5.02 Å². The predicted molar refractivity (Wildman–Crippen MR) is 107 cm³/mol. The van der Waals surface area contributed by atoms with E-state index in [0.29, 0.717) is 5.82 Å². The summed E-state index contributed by atoms with van der Waals surface area (Å²) in [5.41, 5.74) is 1.58. The SMILES string of the molecule is Cn1nc(-c2c(F)cccc2Cl)nc1-c1csc(-c2ccc(OC(F)(F)F)cc2)c1. The lowest BCUT2D eigenvalue weighted by atomic mass is 10.1. The highest BCUT2D eigenvalue weighted by Crippen LogP contribution is 2.35. The van der Waals surface area contributed by atoms with Gasteiger partial charge in [0.2, 0.25) is 0 Å². The van der Waals surface area contributed by atoms with Crippen LogP contribution in [0.25, 0.3) is 33.2 Å². The first-order chi connectivity index (χ1) is 14.2. The normalized spacial score (nSPS) is 11.7. The standard InChI is InChI=1S/C20H12ClF4N3OS/c1-28-19(26-18(27-28)17-14(21)3-2-4-15(17)22)12-9-16(30-10-12)11-5-7-13(8-6-11)29-20(23,24)25/h2-10H,1H3. The molecule has 4 nitrogen and oxygen atoms in total. The molecule has 0 radical (unpaired) electrons. The number of hydrogen-bond acceptors (Lipinski definition) is 4. The van der Waals surface area contributed by atoms with Gasteiger partial charge in [0.25, 0.3) is 0 Å². The maximum Gasteiger partial charge on any atom is 0.573 e. The molecule has 0 spiro atoms. The lowest BCUT2D eigenvalue weighted by molar-refractivity contribution is -0.274. The van der Waals surface area contributed by atoms with Gasteiger partial charge < -0.3 is 4.74 Å². The first-order valence-corrected chi connectivity index (χ1v) is 9.77. The van der Waals surface area contributed by atoms with Crippen LogP contribution in [0.15, 0.2) is 53.9 Å². The minimum Gasteiger partial charge on any atom is -0.406 e. The Bertz CT molecular complexity index is 1180. The van der Waals surface area contributed by atoms with Crippen molar-refractivity contribution in [2.24, 2.45) is 7.05 Å². The Balaban J connectivity index is 1.63. The zero-order valence-electron chi connectivity index (χ0n) is 15.2. The molecule has 0 aliphatic rings. The van der Waals surface area contributed by atoms with Crippen molar-refractivity contribution in [3.05, 3.63) is 64.8 Å². The average molecular weight is 454 g/mol. The number of aryl methyl sites for hydroxylation is 1. The highest BCUT2D eigenvalue weighted by Gasteiger charge is 2.31. The van der Waals surface area contributed by atoms with E-state index in [-0.39, 0.29) is 22.2 Å². The van der Waals surface area contributed by atoms with Crippen molar-refractivity contribution < 1.29 is 22.3 Å². The Hall–Kier alpha value is -2.91. The number of nitrogens with zero attached hydrogens (tertiary/aromatic N) is 3. The Morgan fingerprint density at radius 2 is 1.80 bits per heavy atom. The van der Waals surface area contributed by atoms with Crippen LogP contribution in [0.3, 0.4) is 0 Å². The molecule has 10 heteroatoms. The second-order valence-corrected chi connectivity index (χ2v) is 7.57. The molecule has 0 aliphatic heterocycles. The van der Waals surface area contributed by atoms with Crippen LogP contribution in [0.4, 0.5) is 17.6 Å². The molecule has 154 valence electrons. The van der Waals surface area contributed by atoms with E-state index in [1.807, 2.05) is 11.4 Å². The molecule has 0 aliphatic carbocycles. The van der Waals surface area contributed by atoms with Gasteiger partial charge in [-0.25, -0.2) is 14.1 Å². The molecule has 2 heterocycles. The Morgan fingerprint density at radius 1 is 1.07 bits per heavy atom. The molecule has 4 aromatic rings. The van der Waals surface area contributed by atoms with Crippen LogP contribution in [-0.4, -0.2) is 21.1 Å². The maximum absolute atomic E-state index is 14.2. The summed E-state index contributed by atoms with van der Waals surface area (Å²) in [5, 5.41) is 6.32. The van der Waals surface area contributed by atoms with E-state index < -0.39 is 12.2 Å². The smallest absolute Gasteiger partial charge is 0.406 e. The molecule has 0 fully saturated rings. The minimum atomic E-state index is -4.73. The fourth-order valence-corrected chi connectivity index (χ4v) is 4.02. The molecule has 2 aromatic carbocycles. The lowest BCUT2D eigenvalue weighted by Gasteiger charge is -2.08. The third-order valence-corrected chi connectivity index (χ3v) is 5.47. The van der Waals surface area contributed by atoms with Crippen molar-refractivity contribution >= 4 is 22.9 Å². The summed E-state index contributed by atoms with van der Waals surface area (Å²) in [4.78, 5) is 5.24. The van der Waals surface area contributed by atoms with Gasteiger partial charge in [-0.05, 0) is 48.0 Å². The highest BCUT2D eigenvalue weighted by molar-refractivity contribution is 7.14. The van der Waals surface area contributed by atoms with E-state index in [2.05, 4.69) is 14.8 Å². The van der Waals surface area contributed by atoms with Crippen molar-refractivity contribution in [2.75, 3.05) is 0 Å². The van der Waals surface area contributed by atoms with Gasteiger partial charge in [0.15, 0.2) is 11.6 Å². The average Bonchev–Trinajstić information content (AvgIpc) is 3.28. The van der Waals surface area contributed by atoms with Crippen molar-refractivity contribution in [3.63, 3.8) is 0 Å². The third-order valence-electron chi connectivity index (χ3n) is 4.18. The summed E-state index contributed by atoms with van der Waals surface area (Å²) in [5.74, 6) is -0.143. The summed E-state index contributed by atoms with van der Waals surface area (Å²) < 4.78 is 56.5. The number of hydrogen-bond donors (Lipinski definition) is 0. The van der Waals surface area contributed by atoms with Gasteiger partial charge in [0.05, 0.1) is 10.6 Å². The molecule has 0 bridgehead atoms. The first-order valence-electron chi connectivity index (χ1n) is 8.52. The van der Waals surface area contributed by atoms with Crippen LogP contribution in [-0.2, 0) is 7.05 Å². The minimum absolute atomic E-state index is 0.122. The molecule has 0 amide bonds. The summed E-state index contributed by atoms with van der Waals surface area (Å²) in [6.45, 7) is 0. The Kier molecular flexibility index (Phi) is 5.25. The highest BCUT2D eigenvalue weighted by atomic mass is 35.5. The van der Waals surface area contributed by atoms with Crippen LogP contribution in [0, 0.1) is 5.82 Å². The van der Waals surface area contributed by atoms with Crippen molar-refractivity contribution in [2.45, 2.75) is 6.36 Å². The van der Waals surface area contributed by atoms with E-state index in [1.165, 1.54) is 52.4 Å². The van der Waals surface area contributed by atoms with Crippen LogP contribution >= 0.6 is 22.9 Å². The molecule has 0 N–H and O–H groups in total. The van der Waals surface area contributed by atoms with Crippen molar-refractivity contribution in [1.29, 1.82) is 0 Å². The number of rotatable bonds is 4. The van der Waals surface area contributed by atoms with Crippen LogP contribution < -0.4 is 4.74 Å². The van der Waals surface area contributed by atoms with Gasteiger partial charge in [0, 0.05) is 22.9 Å². The van der Waals surface area contributed by atoms with Crippen LogP contribution in [0.5, 0.6) is 5.75 Å². The van der Waals surface area contributed by atoms with E-state index in [4.69, 9.17) is 11.6 Å². The van der Waals surface area contributed by atoms with E-state index in [9.17, 15) is 17.6 Å². The number of halogens is 5. The number of alkyl halides is 3.